The molecule has 0 spiro atoms. The van der Waals surface area contributed by atoms with Crippen molar-refractivity contribution in [1.82, 2.24) is 10.6 Å². The molecule has 23 heavy (non-hydrogen) atoms. The molecule has 3 amide bonds. The minimum Gasteiger partial charge on any atom is -0.338 e. The fraction of sp³-hybridized carbons (Fsp3) is 0.556. The number of urea groups is 1. The molecule has 5 nitrogen and oxygen atoms in total. The smallest absolute Gasteiger partial charge is 0.315 e. The summed E-state index contributed by atoms with van der Waals surface area (Å²) < 4.78 is 0. The number of nitrogens with one attached hydrogen (secondary N) is 2. The number of aryl methyl sites for hydroxylation is 2. The molecule has 1 fully saturated rings. The summed E-state index contributed by atoms with van der Waals surface area (Å²) in [6.07, 6.45) is 1.57. The van der Waals surface area contributed by atoms with E-state index >= 15 is 0 Å². The van der Waals surface area contributed by atoms with Gasteiger partial charge in [0.1, 0.15) is 6.04 Å². The number of benzene rings is 1. The number of amides is 3. The van der Waals surface area contributed by atoms with Gasteiger partial charge in [0.05, 0.1) is 0 Å². The van der Waals surface area contributed by atoms with Crippen molar-refractivity contribution in [2.24, 2.45) is 5.92 Å². The minimum absolute atomic E-state index is 0.0349. The standard InChI is InChI=1S/C18H27N3O2/c1-12(2)7-9-19-18(23)20-16-8-10-21(17(16)22)15-6-5-13(3)14(4)11-15/h5-6,11-12,16H,7-10H2,1-4H3,(H2,19,20,23)/t16-/m0/s1. The number of nitrogens with zero attached hydrogens (tertiary/aromatic N) is 1. The fourth-order valence-corrected chi connectivity index (χ4v) is 2.65. The normalized spacial score (nSPS) is 17.7. The number of carbonyl (C=O) groups excluding carboxylic acids is 2. The molecule has 1 atom stereocenters. The van der Waals surface area contributed by atoms with Crippen LogP contribution in [0, 0.1) is 19.8 Å². The second kappa shape index (κ2) is 7.49. The first-order valence-electron chi connectivity index (χ1n) is 8.31. The van der Waals surface area contributed by atoms with Crippen LogP contribution in [0.2, 0.25) is 0 Å². The third kappa shape index (κ3) is 4.47. The van der Waals surface area contributed by atoms with Crippen LogP contribution in [0.25, 0.3) is 0 Å². The second-order valence-electron chi connectivity index (χ2n) is 6.68. The van der Waals surface area contributed by atoms with E-state index in [9.17, 15) is 9.59 Å². The maximum absolute atomic E-state index is 12.5. The van der Waals surface area contributed by atoms with Gasteiger partial charge in [-0.25, -0.2) is 4.79 Å². The Hall–Kier alpha value is -2.04. The summed E-state index contributed by atoms with van der Waals surface area (Å²) in [6, 6.07) is 5.32. The van der Waals surface area contributed by atoms with E-state index in [-0.39, 0.29) is 11.9 Å². The number of hydrogen-bond acceptors (Lipinski definition) is 2. The topological polar surface area (TPSA) is 61.4 Å². The first kappa shape index (κ1) is 17.3. The highest BCUT2D eigenvalue weighted by molar-refractivity contribution is 6.01. The number of rotatable bonds is 5. The maximum atomic E-state index is 12.5. The average molecular weight is 317 g/mol. The molecule has 1 aliphatic heterocycles. The van der Waals surface area contributed by atoms with E-state index < -0.39 is 6.04 Å². The SMILES string of the molecule is Cc1ccc(N2CC[C@H](NC(=O)NCCC(C)C)C2=O)cc1C. The first-order chi connectivity index (χ1) is 10.9. The largest absolute Gasteiger partial charge is 0.338 e. The van der Waals surface area contributed by atoms with Gasteiger partial charge in [-0.1, -0.05) is 19.9 Å². The quantitative estimate of drug-likeness (QED) is 0.877. The van der Waals surface area contributed by atoms with E-state index in [1.165, 1.54) is 5.56 Å². The van der Waals surface area contributed by atoms with Crippen molar-refractivity contribution in [3.63, 3.8) is 0 Å². The van der Waals surface area contributed by atoms with Crippen molar-refractivity contribution >= 4 is 17.6 Å². The van der Waals surface area contributed by atoms with Gasteiger partial charge in [0, 0.05) is 18.8 Å². The van der Waals surface area contributed by atoms with Crippen molar-refractivity contribution in [1.29, 1.82) is 0 Å². The molecule has 1 saturated heterocycles. The molecule has 1 heterocycles. The summed E-state index contributed by atoms with van der Waals surface area (Å²) in [5.74, 6) is 0.510. The van der Waals surface area contributed by atoms with Gasteiger partial charge in [-0.2, -0.15) is 0 Å². The lowest BCUT2D eigenvalue weighted by atomic mass is 10.1. The number of carbonyl (C=O) groups is 2. The minimum atomic E-state index is -0.435. The Morgan fingerprint density at radius 2 is 2.04 bits per heavy atom. The lowest BCUT2D eigenvalue weighted by molar-refractivity contribution is -0.118. The summed E-state index contributed by atoms with van der Waals surface area (Å²) in [6.45, 7) is 9.58. The van der Waals surface area contributed by atoms with E-state index in [1.807, 2.05) is 25.1 Å². The van der Waals surface area contributed by atoms with Crippen LogP contribution in [0.3, 0.4) is 0 Å². The molecule has 126 valence electrons. The lowest BCUT2D eigenvalue weighted by Crippen LogP contribution is -2.46. The van der Waals surface area contributed by atoms with Gasteiger partial charge in [-0.05, 0) is 55.9 Å². The van der Waals surface area contributed by atoms with Gasteiger partial charge >= 0.3 is 6.03 Å². The predicted octanol–water partition coefficient (Wildman–Crippen LogP) is 2.75. The Bertz CT molecular complexity index is 584. The van der Waals surface area contributed by atoms with Crippen LogP contribution in [-0.4, -0.2) is 31.1 Å². The molecule has 1 aromatic carbocycles. The van der Waals surface area contributed by atoms with Crippen LogP contribution < -0.4 is 15.5 Å². The first-order valence-corrected chi connectivity index (χ1v) is 8.31. The van der Waals surface area contributed by atoms with E-state index in [1.54, 1.807) is 4.90 Å². The molecule has 0 radical (unpaired) electrons. The van der Waals surface area contributed by atoms with Gasteiger partial charge in [-0.15, -0.1) is 0 Å². The maximum Gasteiger partial charge on any atom is 0.315 e. The highest BCUT2D eigenvalue weighted by Crippen LogP contribution is 2.24. The van der Waals surface area contributed by atoms with Crippen molar-refractivity contribution < 1.29 is 9.59 Å². The van der Waals surface area contributed by atoms with Crippen LogP contribution in [0.5, 0.6) is 0 Å². The average Bonchev–Trinajstić information content (AvgIpc) is 2.83. The molecule has 0 unspecified atom stereocenters. The van der Waals surface area contributed by atoms with Crippen molar-refractivity contribution in [3.8, 4) is 0 Å². The summed E-state index contributed by atoms with van der Waals surface area (Å²) >= 11 is 0. The number of hydrogen-bond donors (Lipinski definition) is 2. The number of anilines is 1. The van der Waals surface area contributed by atoms with Crippen LogP contribution in [0.1, 0.15) is 37.8 Å². The van der Waals surface area contributed by atoms with E-state index in [4.69, 9.17) is 0 Å². The molecule has 0 saturated carbocycles. The highest BCUT2D eigenvalue weighted by atomic mass is 16.2. The Labute approximate surface area is 138 Å². The molecule has 0 aromatic heterocycles. The summed E-state index contributed by atoms with van der Waals surface area (Å²) in [5, 5.41) is 5.60. The molecule has 5 heteroatoms. The third-order valence-electron chi connectivity index (χ3n) is 4.32. The van der Waals surface area contributed by atoms with Crippen molar-refractivity contribution in [2.45, 2.75) is 46.6 Å². The van der Waals surface area contributed by atoms with Crippen LogP contribution in [0.15, 0.2) is 18.2 Å². The van der Waals surface area contributed by atoms with Crippen molar-refractivity contribution in [2.75, 3.05) is 18.0 Å². The summed E-state index contributed by atoms with van der Waals surface area (Å²) in [4.78, 5) is 26.1. The summed E-state index contributed by atoms with van der Waals surface area (Å²) in [5.41, 5.74) is 3.28. The van der Waals surface area contributed by atoms with Crippen LogP contribution in [0.4, 0.5) is 10.5 Å². The van der Waals surface area contributed by atoms with E-state index in [2.05, 4.69) is 31.4 Å². The van der Waals surface area contributed by atoms with Crippen LogP contribution in [-0.2, 0) is 4.79 Å². The lowest BCUT2D eigenvalue weighted by Gasteiger charge is -2.18. The Morgan fingerprint density at radius 1 is 1.30 bits per heavy atom. The Kier molecular flexibility index (Phi) is 5.64. The molecule has 1 aromatic rings. The van der Waals surface area contributed by atoms with Gasteiger partial charge in [0.2, 0.25) is 5.91 Å². The van der Waals surface area contributed by atoms with Crippen LogP contribution >= 0.6 is 0 Å². The second-order valence-corrected chi connectivity index (χ2v) is 6.68. The molecule has 0 bridgehead atoms. The summed E-state index contributed by atoms with van der Waals surface area (Å²) in [7, 11) is 0. The zero-order chi connectivity index (χ0) is 17.0. The van der Waals surface area contributed by atoms with Gasteiger partial charge in [0.25, 0.3) is 0 Å². The van der Waals surface area contributed by atoms with E-state index in [0.29, 0.717) is 25.4 Å². The molecule has 1 aliphatic rings. The Balaban J connectivity index is 1.91. The van der Waals surface area contributed by atoms with E-state index in [0.717, 1.165) is 17.7 Å². The van der Waals surface area contributed by atoms with Crippen molar-refractivity contribution in [3.05, 3.63) is 29.3 Å². The molecular weight excluding hydrogens is 290 g/mol. The zero-order valence-corrected chi connectivity index (χ0v) is 14.5. The molecule has 2 rings (SSSR count). The zero-order valence-electron chi connectivity index (χ0n) is 14.5. The van der Waals surface area contributed by atoms with Gasteiger partial charge in [0.15, 0.2) is 0 Å². The fourth-order valence-electron chi connectivity index (χ4n) is 2.65. The highest BCUT2D eigenvalue weighted by Gasteiger charge is 2.33. The van der Waals surface area contributed by atoms with Gasteiger partial charge < -0.3 is 15.5 Å². The van der Waals surface area contributed by atoms with Gasteiger partial charge in [-0.3, -0.25) is 4.79 Å². The molecule has 0 aliphatic carbocycles. The third-order valence-corrected chi connectivity index (χ3v) is 4.32. The predicted molar refractivity (Wildman–Crippen MR) is 92.7 cm³/mol. The molecule has 2 N–H and O–H groups in total. The Morgan fingerprint density at radius 3 is 2.70 bits per heavy atom. The monoisotopic (exact) mass is 317 g/mol. The molecular formula is C18H27N3O2.